The molecule has 19 heteroatoms. The molecule has 2 rings (SSSR count). The van der Waals surface area contributed by atoms with Crippen LogP contribution in [0.4, 0.5) is 50.0 Å². The number of aromatic nitrogens is 1. The zero-order chi connectivity index (χ0) is 39.1. The fourth-order valence-electron chi connectivity index (χ4n) is 4.40. The van der Waals surface area contributed by atoms with E-state index in [1.54, 1.807) is 11.4 Å². The number of hydrazine groups is 1. The smallest absolute Gasteiger partial charge is 0.426 e. The number of benzene rings is 1. The van der Waals surface area contributed by atoms with E-state index in [0.717, 1.165) is 12.2 Å². The number of carbonyl (C=O) groups excluding carboxylic acids is 3. The van der Waals surface area contributed by atoms with E-state index in [4.69, 9.17) is 9.47 Å². The lowest BCUT2D eigenvalue weighted by atomic mass is 9.88. The van der Waals surface area contributed by atoms with Crippen LogP contribution in [-0.2, 0) is 32.7 Å². The van der Waals surface area contributed by atoms with E-state index in [1.807, 2.05) is 0 Å². The Balaban J connectivity index is 2.73. The van der Waals surface area contributed by atoms with Gasteiger partial charge in [0.25, 0.3) is 11.8 Å². The van der Waals surface area contributed by atoms with Crippen LogP contribution < -0.4 is 16.2 Å². The van der Waals surface area contributed by atoms with Crippen molar-refractivity contribution in [1.82, 2.24) is 15.8 Å². The molecule has 0 bridgehead atoms. The molecule has 1 aromatic carbocycles. The molecule has 0 aliphatic rings. The predicted octanol–water partition coefficient (Wildman–Crippen LogP) is 7.41. The number of allylic oxidation sites excluding steroid dienone is 2. The van der Waals surface area contributed by atoms with Crippen LogP contribution in [0.1, 0.15) is 73.8 Å². The molecular weight excluding hydrogens is 707 g/mol. The Morgan fingerprint density at radius 2 is 1.43 bits per heavy atom. The van der Waals surface area contributed by atoms with Gasteiger partial charge in [0.05, 0.1) is 23.6 Å². The molecule has 2 unspecified atom stereocenters. The number of pyridine rings is 1. The minimum Gasteiger partial charge on any atom is -0.444 e. The molecule has 0 fully saturated rings. The van der Waals surface area contributed by atoms with Gasteiger partial charge in [-0.05, 0) is 58.1 Å². The Labute approximate surface area is 286 Å². The van der Waals surface area contributed by atoms with E-state index in [1.165, 1.54) is 55.9 Å². The molecule has 0 saturated carbocycles. The second-order valence-corrected chi connectivity index (χ2v) is 11.9. The van der Waals surface area contributed by atoms with Crippen molar-refractivity contribution in [2.45, 2.75) is 88.4 Å². The van der Waals surface area contributed by atoms with Crippen LogP contribution in [0.3, 0.4) is 0 Å². The number of rotatable bonds is 13. The van der Waals surface area contributed by atoms with Crippen molar-refractivity contribution < 1.29 is 68.5 Å². The summed E-state index contributed by atoms with van der Waals surface area (Å²) >= 11 is 0. The third-order valence-electron chi connectivity index (χ3n) is 6.89. The topological polar surface area (TPSA) is 139 Å². The van der Waals surface area contributed by atoms with Gasteiger partial charge in [0, 0.05) is 0 Å². The molecule has 1 heterocycles. The lowest BCUT2D eigenvalue weighted by Gasteiger charge is -2.34. The number of carbonyl (C=O) groups is 3. The van der Waals surface area contributed by atoms with Crippen molar-refractivity contribution in [2.24, 2.45) is 0 Å². The van der Waals surface area contributed by atoms with E-state index in [9.17, 15) is 59.0 Å². The summed E-state index contributed by atoms with van der Waals surface area (Å²) in [4.78, 5) is 42.2. The molecule has 2 aromatic rings. The van der Waals surface area contributed by atoms with Gasteiger partial charge in [-0.25, -0.2) is 9.78 Å². The highest BCUT2D eigenvalue weighted by atomic mass is 19.4. The van der Waals surface area contributed by atoms with Crippen molar-refractivity contribution in [2.75, 3.05) is 5.32 Å². The van der Waals surface area contributed by atoms with Crippen LogP contribution >= 0.6 is 0 Å². The second-order valence-electron chi connectivity index (χ2n) is 11.9. The van der Waals surface area contributed by atoms with E-state index in [0.29, 0.717) is 0 Å². The number of hydrogen-bond donors (Lipinski definition) is 4. The molecule has 0 saturated heterocycles. The summed E-state index contributed by atoms with van der Waals surface area (Å²) in [6, 6.07) is 7.13. The van der Waals surface area contributed by atoms with E-state index in [-0.39, 0.29) is 11.6 Å². The monoisotopic (exact) mass is 742 g/mol. The maximum atomic E-state index is 14.5. The number of nitrogens with zero attached hydrogens (tertiary/aromatic N) is 1. The lowest BCUT2D eigenvalue weighted by Crippen LogP contribution is -2.61. The fraction of sp³-hybridized carbons (Fsp3) is 0.438. The largest absolute Gasteiger partial charge is 0.444 e. The van der Waals surface area contributed by atoms with E-state index in [2.05, 4.69) is 18.1 Å². The first kappa shape index (κ1) is 42.5. The van der Waals surface area contributed by atoms with Gasteiger partial charge in [0.15, 0.2) is 5.69 Å². The Morgan fingerprint density at radius 3 is 1.92 bits per heavy atom. The summed E-state index contributed by atoms with van der Waals surface area (Å²) in [7, 11) is 0. The highest BCUT2D eigenvalue weighted by Gasteiger charge is 2.62. The Morgan fingerprint density at radius 1 is 0.863 bits per heavy atom. The van der Waals surface area contributed by atoms with Crippen LogP contribution in [0, 0.1) is 0 Å². The van der Waals surface area contributed by atoms with Gasteiger partial charge < -0.3 is 14.6 Å². The third kappa shape index (κ3) is 10.7. The molecule has 1 aromatic heterocycles. The van der Waals surface area contributed by atoms with Crippen LogP contribution in [0.5, 0.6) is 0 Å². The molecule has 3 amide bonds. The van der Waals surface area contributed by atoms with Crippen molar-refractivity contribution in [3.63, 3.8) is 0 Å². The molecule has 282 valence electrons. The van der Waals surface area contributed by atoms with Gasteiger partial charge in [-0.3, -0.25) is 25.8 Å². The minimum atomic E-state index is -5.85. The molecular formula is C32H35F9N4O6. The van der Waals surface area contributed by atoms with Crippen LogP contribution in [-0.4, -0.2) is 51.6 Å². The molecule has 4 N–H and O–H groups in total. The van der Waals surface area contributed by atoms with Gasteiger partial charge >= 0.3 is 24.6 Å². The maximum Gasteiger partial charge on any atom is 0.426 e. The number of ether oxygens (including phenoxy) is 2. The Kier molecular flexibility index (Phi) is 13.5. The second kappa shape index (κ2) is 16.1. The number of anilines is 1. The summed E-state index contributed by atoms with van der Waals surface area (Å²) in [5.41, 5.74) is -13.4. The maximum absolute atomic E-state index is 14.5. The average Bonchev–Trinajstić information content (AvgIpc) is 3.00. The first-order valence-corrected chi connectivity index (χ1v) is 14.8. The van der Waals surface area contributed by atoms with E-state index >= 15 is 0 Å². The number of aliphatic hydroxyl groups is 1. The molecule has 0 radical (unpaired) electrons. The van der Waals surface area contributed by atoms with Gasteiger partial charge in [0.2, 0.25) is 11.2 Å². The number of halogens is 9. The van der Waals surface area contributed by atoms with Crippen molar-refractivity contribution in [3.8, 4) is 0 Å². The van der Waals surface area contributed by atoms with Crippen LogP contribution in [0.15, 0.2) is 61.7 Å². The van der Waals surface area contributed by atoms with Crippen molar-refractivity contribution >= 4 is 23.6 Å². The third-order valence-corrected chi connectivity index (χ3v) is 6.89. The first-order valence-electron chi connectivity index (χ1n) is 14.8. The number of nitrogens with one attached hydrogen (secondary N) is 3. The van der Waals surface area contributed by atoms with Crippen LogP contribution in [0.25, 0.3) is 0 Å². The highest BCUT2D eigenvalue weighted by Crippen LogP contribution is 2.47. The predicted molar refractivity (Wildman–Crippen MR) is 164 cm³/mol. The molecule has 51 heavy (non-hydrogen) atoms. The normalized spacial score (nSPS) is 14.8. The van der Waals surface area contributed by atoms with E-state index < -0.39 is 108 Å². The molecule has 10 nitrogen and oxygen atoms in total. The highest BCUT2D eigenvalue weighted by molar-refractivity contribution is 6.02. The summed E-state index contributed by atoms with van der Waals surface area (Å²) < 4.78 is 139. The zero-order valence-corrected chi connectivity index (χ0v) is 27.4. The van der Waals surface area contributed by atoms with Gasteiger partial charge in [-0.2, -0.15) is 39.5 Å². The lowest BCUT2D eigenvalue weighted by molar-refractivity contribution is -0.273. The number of hydrogen-bond acceptors (Lipinski definition) is 7. The quantitative estimate of drug-likeness (QED) is 0.0953. The fourth-order valence-corrected chi connectivity index (χ4v) is 4.40. The SMILES string of the molecule is C=CCCC(OCc1ccccc1)(C(=O)NNC(=O)c1nc(C(O)(CCC=C)C(F)(F)F)c(C(F)(F)F)cc1NC(=O)OC(C)(C)C)C(F)(F)F. The molecule has 0 aliphatic heterocycles. The molecule has 0 aliphatic carbocycles. The molecule has 2 atom stereocenters. The van der Waals surface area contributed by atoms with Crippen LogP contribution in [0.2, 0.25) is 0 Å². The average molecular weight is 743 g/mol. The summed E-state index contributed by atoms with van der Waals surface area (Å²) in [5, 5.41) is 12.4. The standard InChI is InChI=1S/C32H35F9N4O6/c1-6-8-15-28(49,31(36,37)38)23-20(30(33,34)35)17-21(42-26(48)51-27(3,4)5)22(43-23)24(46)44-45-25(47)29(16-9-7-2,32(39,40)41)50-18-19-13-11-10-12-14-19/h6-7,10-14,17,49H,1-2,8-9,15-16,18H2,3-5H3,(H,42,48)(H,44,46)(H,45,47). The summed E-state index contributed by atoms with van der Waals surface area (Å²) in [5.74, 6) is -3.96. The Hall–Kier alpha value is -4.65. The molecule has 0 spiro atoms. The number of alkyl halides is 9. The van der Waals surface area contributed by atoms with Gasteiger partial charge in [0.1, 0.15) is 5.60 Å². The van der Waals surface area contributed by atoms with Crippen molar-refractivity contribution in [3.05, 3.63) is 84.2 Å². The minimum absolute atomic E-state index is 0.152. The first-order chi connectivity index (χ1) is 23.3. The number of amides is 3. The Bertz CT molecular complexity index is 1570. The van der Waals surface area contributed by atoms with Gasteiger partial charge in [-0.1, -0.05) is 42.5 Å². The summed E-state index contributed by atoms with van der Waals surface area (Å²) in [6.45, 7) is 9.72. The van der Waals surface area contributed by atoms with Gasteiger partial charge in [-0.15, -0.1) is 13.2 Å². The van der Waals surface area contributed by atoms with Crippen molar-refractivity contribution in [1.29, 1.82) is 0 Å². The zero-order valence-electron chi connectivity index (χ0n) is 27.4. The summed E-state index contributed by atoms with van der Waals surface area (Å²) in [6.07, 6.45) is -20.4.